The molecule has 1 rings (SSSR count). The van der Waals surface area contributed by atoms with Crippen molar-refractivity contribution in [2.75, 3.05) is 0 Å². The molecule has 0 atom stereocenters. The van der Waals surface area contributed by atoms with Crippen molar-refractivity contribution in [2.24, 2.45) is 0 Å². The first-order valence-corrected chi connectivity index (χ1v) is 4.78. The topological polar surface area (TPSA) is 54.4 Å². The fraction of sp³-hybridized carbons (Fsp3) is 0. The van der Waals surface area contributed by atoms with E-state index in [1.165, 1.54) is 12.1 Å². The molecular weight excluding hydrogens is 195 g/mol. The van der Waals surface area contributed by atoms with Crippen LogP contribution >= 0.6 is 0 Å². The Morgan fingerprint density at radius 1 is 1.46 bits per heavy atom. The van der Waals surface area contributed by atoms with E-state index < -0.39 is 20.8 Å². The zero-order valence-electron chi connectivity index (χ0n) is 6.57. The molecule has 0 saturated carbocycles. The Bertz CT molecular complexity index is 437. The minimum absolute atomic E-state index is 0.187. The minimum atomic E-state index is -4.32. The van der Waals surface area contributed by atoms with Crippen LogP contribution in [-0.4, -0.2) is 13.0 Å². The van der Waals surface area contributed by atoms with Gasteiger partial charge in [0.25, 0.3) is 10.1 Å². The van der Waals surface area contributed by atoms with Gasteiger partial charge in [-0.15, -0.1) is 0 Å². The van der Waals surface area contributed by atoms with Gasteiger partial charge in [-0.25, -0.2) is 4.39 Å². The van der Waals surface area contributed by atoms with Gasteiger partial charge in [0.05, 0.1) is 4.90 Å². The average Bonchev–Trinajstić information content (AvgIpc) is 2.02. The molecule has 1 aromatic carbocycles. The fourth-order valence-corrected chi connectivity index (χ4v) is 1.33. The molecule has 13 heavy (non-hydrogen) atoms. The third-order valence-corrected chi connectivity index (χ3v) is 2.34. The monoisotopic (exact) mass is 202 g/mol. The van der Waals surface area contributed by atoms with Gasteiger partial charge in [0.1, 0.15) is 5.82 Å². The summed E-state index contributed by atoms with van der Waals surface area (Å²) in [5, 5.41) is 0. The quantitative estimate of drug-likeness (QED) is 0.743. The molecule has 0 radical (unpaired) electrons. The second-order valence-corrected chi connectivity index (χ2v) is 3.78. The normalized spacial score (nSPS) is 11.2. The van der Waals surface area contributed by atoms with Crippen LogP contribution in [0.25, 0.3) is 6.08 Å². The number of hydrogen-bond acceptors (Lipinski definition) is 2. The highest BCUT2D eigenvalue weighted by molar-refractivity contribution is 7.85. The Hall–Kier alpha value is -1.20. The largest absolute Gasteiger partial charge is 0.294 e. The molecule has 0 unspecified atom stereocenters. The summed E-state index contributed by atoms with van der Waals surface area (Å²) in [5.74, 6) is -0.731. The number of benzene rings is 1. The van der Waals surface area contributed by atoms with E-state index in [1.54, 1.807) is 0 Å². The molecule has 0 spiro atoms. The van der Waals surface area contributed by atoms with E-state index in [9.17, 15) is 12.8 Å². The van der Waals surface area contributed by atoms with Gasteiger partial charge < -0.3 is 0 Å². The van der Waals surface area contributed by atoms with Crippen LogP contribution in [0.1, 0.15) is 5.56 Å². The number of halogens is 1. The molecule has 0 aliphatic rings. The van der Waals surface area contributed by atoms with Crippen LogP contribution in [0.5, 0.6) is 0 Å². The third-order valence-electron chi connectivity index (χ3n) is 1.49. The molecule has 0 heterocycles. The molecule has 3 nitrogen and oxygen atoms in total. The standard InChI is InChI=1S/C8H7FO3S/c1-2-6-3-4-7(5-8(6)9)13(10,11)12/h2-5H,1H2,(H,10,11,12). The summed E-state index contributed by atoms with van der Waals surface area (Å²) in [4.78, 5) is -0.462. The van der Waals surface area contributed by atoms with Crippen molar-refractivity contribution in [3.8, 4) is 0 Å². The molecule has 1 N–H and O–H groups in total. The Kier molecular flexibility index (Phi) is 2.49. The lowest BCUT2D eigenvalue weighted by molar-refractivity contribution is 0.482. The van der Waals surface area contributed by atoms with Crippen molar-refractivity contribution >= 4 is 16.2 Å². The van der Waals surface area contributed by atoms with Crippen molar-refractivity contribution in [3.05, 3.63) is 36.2 Å². The fourth-order valence-electron chi connectivity index (χ4n) is 0.834. The number of hydrogen-bond donors (Lipinski definition) is 1. The lowest BCUT2D eigenvalue weighted by atomic mass is 10.2. The Morgan fingerprint density at radius 2 is 2.08 bits per heavy atom. The van der Waals surface area contributed by atoms with Crippen molar-refractivity contribution in [3.63, 3.8) is 0 Å². The molecule has 0 bridgehead atoms. The van der Waals surface area contributed by atoms with Crippen molar-refractivity contribution < 1.29 is 17.4 Å². The summed E-state index contributed by atoms with van der Waals surface area (Å²) in [7, 11) is -4.32. The molecule has 0 fully saturated rings. The average molecular weight is 202 g/mol. The molecule has 1 aromatic rings. The second-order valence-electron chi connectivity index (χ2n) is 2.36. The molecule has 0 aromatic heterocycles. The van der Waals surface area contributed by atoms with Gasteiger partial charge in [-0.1, -0.05) is 18.7 Å². The number of rotatable bonds is 2. The second kappa shape index (κ2) is 3.27. The molecular formula is C8H7FO3S. The lowest BCUT2D eigenvalue weighted by Gasteiger charge is -1.99. The Balaban J connectivity index is 3.34. The maximum Gasteiger partial charge on any atom is 0.294 e. The minimum Gasteiger partial charge on any atom is -0.282 e. The Labute approximate surface area is 75.3 Å². The molecule has 70 valence electrons. The zero-order chi connectivity index (χ0) is 10.1. The van der Waals surface area contributed by atoms with Gasteiger partial charge in [-0.05, 0) is 12.1 Å². The molecule has 0 aliphatic heterocycles. The van der Waals surface area contributed by atoms with E-state index in [0.717, 1.165) is 12.1 Å². The van der Waals surface area contributed by atoms with Crippen LogP contribution in [0, 0.1) is 5.82 Å². The third kappa shape index (κ3) is 2.13. The van der Waals surface area contributed by atoms with Gasteiger partial charge in [0.2, 0.25) is 0 Å². The van der Waals surface area contributed by atoms with Crippen molar-refractivity contribution in [2.45, 2.75) is 4.90 Å². The van der Waals surface area contributed by atoms with Gasteiger partial charge in [0, 0.05) is 5.56 Å². The van der Waals surface area contributed by atoms with Crippen LogP contribution in [0.4, 0.5) is 4.39 Å². The van der Waals surface area contributed by atoms with Gasteiger partial charge in [-0.2, -0.15) is 8.42 Å². The predicted octanol–water partition coefficient (Wildman–Crippen LogP) is 1.72. The van der Waals surface area contributed by atoms with Crippen LogP contribution in [0.3, 0.4) is 0 Å². The first-order valence-electron chi connectivity index (χ1n) is 3.34. The van der Waals surface area contributed by atoms with Gasteiger partial charge >= 0.3 is 0 Å². The van der Waals surface area contributed by atoms with Crippen molar-refractivity contribution in [1.29, 1.82) is 0 Å². The van der Waals surface area contributed by atoms with E-state index in [0.29, 0.717) is 0 Å². The summed E-state index contributed by atoms with van der Waals surface area (Å²) < 4.78 is 42.6. The summed E-state index contributed by atoms with van der Waals surface area (Å²) in [6, 6.07) is 3.08. The first-order chi connectivity index (χ1) is 5.95. The molecule has 5 heteroatoms. The van der Waals surface area contributed by atoms with Gasteiger partial charge in [-0.3, -0.25) is 4.55 Å². The van der Waals surface area contributed by atoms with Crippen LogP contribution in [0.15, 0.2) is 29.7 Å². The highest BCUT2D eigenvalue weighted by Crippen LogP contribution is 2.15. The molecule has 0 amide bonds. The maximum absolute atomic E-state index is 12.9. The van der Waals surface area contributed by atoms with E-state index in [2.05, 4.69) is 6.58 Å². The Morgan fingerprint density at radius 3 is 2.46 bits per heavy atom. The van der Waals surface area contributed by atoms with Crippen LogP contribution in [-0.2, 0) is 10.1 Å². The highest BCUT2D eigenvalue weighted by atomic mass is 32.2. The van der Waals surface area contributed by atoms with Crippen LogP contribution < -0.4 is 0 Å². The smallest absolute Gasteiger partial charge is 0.282 e. The zero-order valence-corrected chi connectivity index (χ0v) is 7.38. The highest BCUT2D eigenvalue weighted by Gasteiger charge is 2.11. The van der Waals surface area contributed by atoms with Crippen LogP contribution in [0.2, 0.25) is 0 Å². The predicted molar refractivity (Wildman–Crippen MR) is 46.3 cm³/mol. The SMILES string of the molecule is C=Cc1ccc(S(=O)(=O)O)cc1F. The molecule has 0 aliphatic carbocycles. The van der Waals surface area contributed by atoms with E-state index in [4.69, 9.17) is 4.55 Å². The molecule has 0 saturated heterocycles. The maximum atomic E-state index is 12.9. The van der Waals surface area contributed by atoms with E-state index in [-0.39, 0.29) is 5.56 Å². The van der Waals surface area contributed by atoms with Gasteiger partial charge in [0.15, 0.2) is 0 Å². The summed E-state index contributed by atoms with van der Waals surface area (Å²) in [5.41, 5.74) is 0.187. The summed E-state index contributed by atoms with van der Waals surface area (Å²) in [6.45, 7) is 3.33. The summed E-state index contributed by atoms with van der Waals surface area (Å²) >= 11 is 0. The lowest BCUT2D eigenvalue weighted by Crippen LogP contribution is -1.98. The van der Waals surface area contributed by atoms with Crippen molar-refractivity contribution in [1.82, 2.24) is 0 Å². The first kappa shape index (κ1) is 9.88. The summed E-state index contributed by atoms with van der Waals surface area (Å²) in [6.07, 6.45) is 1.25. The van der Waals surface area contributed by atoms with E-state index >= 15 is 0 Å². The van der Waals surface area contributed by atoms with E-state index in [1.807, 2.05) is 0 Å².